The van der Waals surface area contributed by atoms with E-state index < -0.39 is 0 Å². The Morgan fingerprint density at radius 1 is 1.23 bits per heavy atom. The zero-order valence-corrected chi connectivity index (χ0v) is 17.6. The van der Waals surface area contributed by atoms with Gasteiger partial charge in [-0.3, -0.25) is 19.3 Å². The summed E-state index contributed by atoms with van der Waals surface area (Å²) in [4.78, 5) is 42.7. The smallest absolute Gasteiger partial charge is 0.270 e. The number of likely N-dealkylation sites (tertiary alicyclic amines) is 1. The minimum Gasteiger partial charge on any atom is -0.373 e. The molecule has 30 heavy (non-hydrogen) atoms. The van der Waals surface area contributed by atoms with Crippen LogP contribution in [0, 0.1) is 0 Å². The maximum atomic E-state index is 12.6. The summed E-state index contributed by atoms with van der Waals surface area (Å²) in [6.45, 7) is 3.23. The number of hydrogen-bond donors (Lipinski definition) is 2. The Morgan fingerprint density at radius 2 is 1.93 bits per heavy atom. The van der Waals surface area contributed by atoms with Crippen molar-refractivity contribution in [3.63, 3.8) is 0 Å². The summed E-state index contributed by atoms with van der Waals surface area (Å²) >= 11 is 0. The molecule has 3 rings (SSSR count). The molecule has 8 heteroatoms. The second-order valence-corrected chi connectivity index (χ2v) is 7.63. The van der Waals surface area contributed by atoms with Crippen LogP contribution in [-0.4, -0.2) is 78.8 Å². The number of aromatic nitrogens is 1. The molecular weight excluding hydrogens is 384 g/mol. The lowest BCUT2D eigenvalue weighted by atomic mass is 10.1. The molecule has 2 amide bonds. The van der Waals surface area contributed by atoms with Gasteiger partial charge in [0.15, 0.2) is 5.78 Å². The first-order valence-electron chi connectivity index (χ1n) is 9.96. The highest BCUT2D eigenvalue weighted by Crippen LogP contribution is 2.18. The van der Waals surface area contributed by atoms with Crippen molar-refractivity contribution in [1.29, 1.82) is 0 Å². The number of rotatable bonds is 9. The monoisotopic (exact) mass is 412 g/mol. The summed E-state index contributed by atoms with van der Waals surface area (Å²) in [6, 6.07) is 10.8. The van der Waals surface area contributed by atoms with Crippen molar-refractivity contribution in [2.24, 2.45) is 0 Å². The van der Waals surface area contributed by atoms with Gasteiger partial charge in [0.05, 0.1) is 12.7 Å². The van der Waals surface area contributed by atoms with Crippen LogP contribution in [0.4, 0.5) is 0 Å². The largest absolute Gasteiger partial charge is 0.373 e. The summed E-state index contributed by atoms with van der Waals surface area (Å²) < 4.78 is 5.75. The molecule has 1 unspecified atom stereocenters. The van der Waals surface area contributed by atoms with Gasteiger partial charge in [-0.15, -0.1) is 0 Å². The number of carbonyl (C=O) groups excluding carboxylic acids is 3. The highest BCUT2D eigenvalue weighted by molar-refractivity contribution is 5.99. The number of ether oxygens (including phenoxy) is 1. The second-order valence-electron chi connectivity index (χ2n) is 7.63. The van der Waals surface area contributed by atoms with Gasteiger partial charge in [-0.1, -0.05) is 30.3 Å². The van der Waals surface area contributed by atoms with E-state index in [1.54, 1.807) is 17.2 Å². The molecule has 0 radical (unpaired) electrons. The van der Waals surface area contributed by atoms with E-state index in [9.17, 15) is 14.4 Å². The molecular formula is C22H28N4O4. The number of ketones is 1. The molecule has 1 aliphatic rings. The fourth-order valence-electron chi connectivity index (χ4n) is 3.42. The van der Waals surface area contributed by atoms with E-state index in [1.807, 2.05) is 49.3 Å². The summed E-state index contributed by atoms with van der Waals surface area (Å²) in [5.41, 5.74) is 1.84. The van der Waals surface area contributed by atoms with Gasteiger partial charge in [-0.25, -0.2) is 0 Å². The van der Waals surface area contributed by atoms with Crippen LogP contribution in [0.25, 0.3) is 0 Å². The molecule has 1 aliphatic heterocycles. The van der Waals surface area contributed by atoms with Crippen LogP contribution in [0.15, 0.2) is 42.6 Å². The normalized spacial score (nSPS) is 15.0. The van der Waals surface area contributed by atoms with Gasteiger partial charge >= 0.3 is 0 Å². The fourth-order valence-corrected chi connectivity index (χ4v) is 3.42. The number of nitrogens with one attached hydrogen (secondary N) is 2. The van der Waals surface area contributed by atoms with Gasteiger partial charge in [0.1, 0.15) is 11.7 Å². The summed E-state index contributed by atoms with van der Waals surface area (Å²) in [5, 5.41) is 2.92. The van der Waals surface area contributed by atoms with Gasteiger partial charge in [-0.2, -0.15) is 0 Å². The number of aromatic amines is 1. The van der Waals surface area contributed by atoms with Crippen LogP contribution in [0.2, 0.25) is 0 Å². The predicted molar refractivity (Wildman–Crippen MR) is 112 cm³/mol. The van der Waals surface area contributed by atoms with Gasteiger partial charge < -0.3 is 19.9 Å². The zero-order valence-electron chi connectivity index (χ0n) is 17.6. The van der Waals surface area contributed by atoms with Gasteiger partial charge in [-0.05, 0) is 32.6 Å². The Labute approximate surface area is 176 Å². The summed E-state index contributed by atoms with van der Waals surface area (Å²) in [7, 11) is 3.74. The molecule has 2 aromatic rings. The molecule has 8 nitrogen and oxygen atoms in total. The summed E-state index contributed by atoms with van der Waals surface area (Å²) in [5.74, 6) is -0.304. The van der Waals surface area contributed by atoms with Crippen molar-refractivity contribution in [1.82, 2.24) is 20.1 Å². The Balaban J connectivity index is 1.38. The third-order valence-corrected chi connectivity index (χ3v) is 5.09. The number of H-pyrrole nitrogens is 1. The topological polar surface area (TPSA) is 94.7 Å². The van der Waals surface area contributed by atoms with Gasteiger partial charge in [0, 0.05) is 31.4 Å². The van der Waals surface area contributed by atoms with Crippen molar-refractivity contribution in [2.45, 2.75) is 19.1 Å². The van der Waals surface area contributed by atoms with Gasteiger partial charge in [0.2, 0.25) is 5.91 Å². The Hall–Kier alpha value is -2.97. The lowest BCUT2D eigenvalue weighted by Crippen LogP contribution is -2.55. The molecule has 0 saturated carbocycles. The minimum atomic E-state index is -0.358. The number of carbonyl (C=O) groups is 3. The number of benzene rings is 1. The van der Waals surface area contributed by atoms with Crippen molar-refractivity contribution >= 4 is 17.6 Å². The molecule has 160 valence electrons. The molecule has 0 spiro atoms. The van der Waals surface area contributed by atoms with Crippen molar-refractivity contribution in [2.75, 3.05) is 40.3 Å². The van der Waals surface area contributed by atoms with E-state index in [0.717, 1.165) is 5.56 Å². The van der Waals surface area contributed by atoms with Crippen LogP contribution >= 0.6 is 0 Å². The lowest BCUT2D eigenvalue weighted by molar-refractivity contribution is -0.126. The third kappa shape index (κ3) is 5.14. The molecule has 2 heterocycles. The van der Waals surface area contributed by atoms with Gasteiger partial charge in [0.25, 0.3) is 5.91 Å². The third-order valence-electron chi connectivity index (χ3n) is 5.09. The Morgan fingerprint density at radius 3 is 2.53 bits per heavy atom. The van der Waals surface area contributed by atoms with E-state index in [4.69, 9.17) is 4.74 Å². The maximum absolute atomic E-state index is 12.6. The lowest BCUT2D eigenvalue weighted by Gasteiger charge is -2.38. The van der Waals surface area contributed by atoms with Crippen LogP contribution in [0.5, 0.6) is 0 Å². The van der Waals surface area contributed by atoms with Crippen molar-refractivity contribution in [3.05, 3.63) is 59.4 Å². The van der Waals surface area contributed by atoms with Crippen LogP contribution in [-0.2, 0) is 9.53 Å². The molecule has 2 N–H and O–H groups in total. The first kappa shape index (κ1) is 21.7. The van der Waals surface area contributed by atoms with Crippen LogP contribution in [0.3, 0.4) is 0 Å². The number of Topliss-reactive ketones (excluding diaryl/α,β-unsaturated/α-hetero) is 1. The quantitative estimate of drug-likeness (QED) is 0.481. The molecule has 1 saturated heterocycles. The van der Waals surface area contributed by atoms with E-state index in [2.05, 4.69) is 10.3 Å². The average molecular weight is 412 g/mol. The SMILES string of the molecule is CC(=O)c1c[nH]c(C(=O)N2CC(OCCNC(=O)C(c3ccccc3)N(C)C)C2)c1. The predicted octanol–water partition coefficient (Wildman–Crippen LogP) is 1.48. The van der Waals surface area contributed by atoms with Crippen molar-refractivity contribution in [3.8, 4) is 0 Å². The molecule has 1 fully saturated rings. The van der Waals surface area contributed by atoms with E-state index >= 15 is 0 Å². The molecule has 0 aliphatic carbocycles. The highest BCUT2D eigenvalue weighted by atomic mass is 16.5. The van der Waals surface area contributed by atoms with Crippen molar-refractivity contribution < 1.29 is 19.1 Å². The first-order chi connectivity index (χ1) is 14.4. The Kier molecular flexibility index (Phi) is 7.02. The summed E-state index contributed by atoms with van der Waals surface area (Å²) in [6.07, 6.45) is 1.49. The van der Waals surface area contributed by atoms with Crippen LogP contribution in [0.1, 0.15) is 39.4 Å². The number of hydrogen-bond acceptors (Lipinski definition) is 5. The Bertz CT molecular complexity index is 888. The zero-order chi connectivity index (χ0) is 21.7. The van der Waals surface area contributed by atoms with E-state index in [0.29, 0.717) is 37.5 Å². The molecule has 1 aromatic heterocycles. The standard InChI is InChI=1S/C22H28N4O4/c1-15(27)17-11-19(24-12-17)22(29)26-13-18(14-26)30-10-9-23-21(28)20(25(2)3)16-7-5-4-6-8-16/h4-8,11-12,18,20,24H,9-10,13-14H2,1-3H3,(H,23,28). The molecule has 0 bridgehead atoms. The average Bonchev–Trinajstić information content (AvgIpc) is 3.17. The van der Waals surface area contributed by atoms with E-state index in [1.165, 1.54) is 6.92 Å². The minimum absolute atomic E-state index is 0.0492. The van der Waals surface area contributed by atoms with E-state index in [-0.39, 0.29) is 29.7 Å². The maximum Gasteiger partial charge on any atom is 0.270 e. The number of amides is 2. The molecule has 1 atom stereocenters. The first-order valence-corrected chi connectivity index (χ1v) is 9.96. The number of nitrogens with zero attached hydrogens (tertiary/aromatic N) is 2. The fraction of sp³-hybridized carbons (Fsp3) is 0.409. The molecule has 1 aromatic carbocycles. The van der Waals surface area contributed by atoms with Crippen LogP contribution < -0.4 is 5.32 Å². The number of likely N-dealkylation sites (N-methyl/N-ethyl adjacent to an activating group) is 1. The second kappa shape index (κ2) is 9.69. The highest BCUT2D eigenvalue weighted by Gasteiger charge is 2.32.